The second-order valence-electron chi connectivity index (χ2n) is 6.23. The van der Waals surface area contributed by atoms with Gasteiger partial charge in [-0.2, -0.15) is 0 Å². The highest BCUT2D eigenvalue weighted by Crippen LogP contribution is 2.40. The van der Waals surface area contributed by atoms with Crippen molar-refractivity contribution in [2.24, 2.45) is 0 Å². The molecule has 0 saturated heterocycles. The molecule has 2 aromatic carbocycles. The van der Waals surface area contributed by atoms with Crippen LogP contribution in [0.3, 0.4) is 0 Å². The van der Waals surface area contributed by atoms with E-state index in [9.17, 15) is 0 Å². The molecule has 0 heterocycles. The third-order valence-electron chi connectivity index (χ3n) is 3.42. The van der Waals surface area contributed by atoms with Crippen molar-refractivity contribution in [2.75, 3.05) is 5.73 Å². The Balaban J connectivity index is 2.48. The van der Waals surface area contributed by atoms with Gasteiger partial charge in [0.1, 0.15) is 11.5 Å². The lowest BCUT2D eigenvalue weighted by Crippen LogP contribution is -2.13. The fourth-order valence-corrected chi connectivity index (χ4v) is 2.76. The fraction of sp³-hybridized carbons (Fsp3) is 0.333. The van der Waals surface area contributed by atoms with Crippen LogP contribution >= 0.6 is 15.9 Å². The summed E-state index contributed by atoms with van der Waals surface area (Å²) in [5.41, 5.74) is 8.97. The predicted octanol–water partition coefficient (Wildman–Crippen LogP) is 5.68. The first-order valence-corrected chi connectivity index (χ1v) is 7.97. The molecule has 21 heavy (non-hydrogen) atoms. The predicted molar refractivity (Wildman–Crippen MR) is 93.1 cm³/mol. The van der Waals surface area contributed by atoms with Crippen LogP contribution in [-0.4, -0.2) is 0 Å². The van der Waals surface area contributed by atoms with E-state index in [0.29, 0.717) is 0 Å². The highest BCUT2D eigenvalue weighted by atomic mass is 79.9. The van der Waals surface area contributed by atoms with Crippen molar-refractivity contribution in [3.63, 3.8) is 0 Å². The van der Waals surface area contributed by atoms with Gasteiger partial charge in [0.15, 0.2) is 0 Å². The molecule has 2 aromatic rings. The maximum absolute atomic E-state index is 6.12. The molecule has 0 aliphatic carbocycles. The zero-order valence-corrected chi connectivity index (χ0v) is 14.6. The lowest BCUT2D eigenvalue weighted by Gasteiger charge is -2.24. The van der Waals surface area contributed by atoms with Crippen molar-refractivity contribution in [1.29, 1.82) is 0 Å². The number of halogens is 1. The van der Waals surface area contributed by atoms with E-state index in [2.05, 4.69) is 55.8 Å². The number of ether oxygens (including phenoxy) is 1. The summed E-state index contributed by atoms with van der Waals surface area (Å²) in [5, 5.41) is 0. The molecule has 0 aliphatic rings. The van der Waals surface area contributed by atoms with Gasteiger partial charge in [-0.05, 0) is 63.7 Å². The molecule has 0 amide bonds. The molecule has 2 N–H and O–H groups in total. The quantitative estimate of drug-likeness (QED) is 0.724. The molecule has 0 aliphatic heterocycles. The van der Waals surface area contributed by atoms with Crippen molar-refractivity contribution < 1.29 is 4.74 Å². The second-order valence-corrected chi connectivity index (χ2v) is 7.08. The molecule has 2 rings (SSSR count). The van der Waals surface area contributed by atoms with E-state index in [-0.39, 0.29) is 5.41 Å². The van der Waals surface area contributed by atoms with E-state index in [1.165, 1.54) is 11.1 Å². The lowest BCUT2D eigenvalue weighted by molar-refractivity contribution is 0.452. The summed E-state index contributed by atoms with van der Waals surface area (Å²) >= 11 is 3.65. The maximum atomic E-state index is 6.12. The van der Waals surface area contributed by atoms with E-state index in [1.807, 2.05) is 24.3 Å². The third kappa shape index (κ3) is 3.79. The Morgan fingerprint density at radius 3 is 2.24 bits per heavy atom. The fourth-order valence-electron chi connectivity index (χ4n) is 2.17. The summed E-state index contributed by atoms with van der Waals surface area (Å²) in [6, 6.07) is 11.8. The minimum atomic E-state index is 0.0108. The highest BCUT2D eigenvalue weighted by Gasteiger charge is 2.22. The minimum absolute atomic E-state index is 0.0108. The molecule has 0 fully saturated rings. The number of benzene rings is 2. The number of hydrogen-bond acceptors (Lipinski definition) is 2. The van der Waals surface area contributed by atoms with Crippen LogP contribution < -0.4 is 10.5 Å². The van der Waals surface area contributed by atoms with E-state index in [0.717, 1.165) is 28.1 Å². The Morgan fingerprint density at radius 2 is 1.71 bits per heavy atom. The van der Waals surface area contributed by atoms with Gasteiger partial charge in [0.25, 0.3) is 0 Å². The Labute approximate surface area is 135 Å². The van der Waals surface area contributed by atoms with Gasteiger partial charge in [0.2, 0.25) is 0 Å². The van der Waals surface area contributed by atoms with E-state index in [4.69, 9.17) is 10.5 Å². The molecule has 0 radical (unpaired) electrons. The van der Waals surface area contributed by atoms with Crippen LogP contribution in [0.25, 0.3) is 0 Å². The van der Waals surface area contributed by atoms with Crippen molar-refractivity contribution >= 4 is 21.6 Å². The summed E-state index contributed by atoms with van der Waals surface area (Å²) in [6.07, 6.45) is 1.00. The van der Waals surface area contributed by atoms with Crippen LogP contribution in [0.15, 0.2) is 40.9 Å². The summed E-state index contributed by atoms with van der Waals surface area (Å²) in [5.74, 6) is 1.67. The molecule has 0 atom stereocenters. The first-order chi connectivity index (χ1) is 9.81. The van der Waals surface area contributed by atoms with Crippen LogP contribution in [-0.2, 0) is 11.8 Å². The van der Waals surface area contributed by atoms with Gasteiger partial charge in [0, 0.05) is 11.3 Å². The summed E-state index contributed by atoms with van der Waals surface area (Å²) in [6.45, 7) is 8.76. The smallest absolute Gasteiger partial charge is 0.145 e. The second kappa shape index (κ2) is 6.10. The van der Waals surface area contributed by atoms with Crippen LogP contribution in [0.1, 0.15) is 38.8 Å². The molecule has 0 aromatic heterocycles. The van der Waals surface area contributed by atoms with Gasteiger partial charge < -0.3 is 10.5 Å². The van der Waals surface area contributed by atoms with Crippen molar-refractivity contribution in [2.45, 2.75) is 39.5 Å². The lowest BCUT2D eigenvalue weighted by atomic mass is 9.85. The first-order valence-electron chi connectivity index (χ1n) is 7.17. The molecule has 3 heteroatoms. The minimum Gasteiger partial charge on any atom is -0.456 e. The highest BCUT2D eigenvalue weighted by molar-refractivity contribution is 9.10. The molecule has 0 spiro atoms. The zero-order chi connectivity index (χ0) is 15.6. The normalized spacial score (nSPS) is 11.5. The summed E-state index contributed by atoms with van der Waals surface area (Å²) < 4.78 is 7.11. The Kier molecular flexibility index (Phi) is 4.62. The zero-order valence-electron chi connectivity index (χ0n) is 13.0. The molecule has 0 unspecified atom stereocenters. The van der Waals surface area contributed by atoms with Gasteiger partial charge >= 0.3 is 0 Å². The van der Waals surface area contributed by atoms with Crippen molar-refractivity contribution in [1.82, 2.24) is 0 Å². The summed E-state index contributed by atoms with van der Waals surface area (Å²) in [4.78, 5) is 0. The topological polar surface area (TPSA) is 35.2 Å². The molecule has 2 nitrogen and oxygen atoms in total. The molecular weight excluding hydrogens is 326 g/mol. The maximum Gasteiger partial charge on any atom is 0.145 e. The van der Waals surface area contributed by atoms with E-state index < -0.39 is 0 Å². The number of nitrogens with two attached hydrogens (primary N) is 1. The third-order valence-corrected chi connectivity index (χ3v) is 4.01. The van der Waals surface area contributed by atoms with Crippen molar-refractivity contribution in [3.05, 3.63) is 52.0 Å². The SMILES string of the molecule is CCc1cc(Br)c(Oc2ccc(N)cc2)c(C(C)(C)C)c1. The van der Waals surface area contributed by atoms with E-state index in [1.54, 1.807) is 0 Å². The van der Waals surface area contributed by atoms with Gasteiger partial charge in [-0.1, -0.05) is 33.8 Å². The molecule has 0 bridgehead atoms. The number of nitrogen functional groups attached to an aromatic ring is 1. The monoisotopic (exact) mass is 347 g/mol. The van der Waals surface area contributed by atoms with Gasteiger partial charge in [-0.25, -0.2) is 0 Å². The van der Waals surface area contributed by atoms with Gasteiger partial charge in [-0.15, -0.1) is 0 Å². The number of anilines is 1. The van der Waals surface area contributed by atoms with Crippen LogP contribution in [0.2, 0.25) is 0 Å². The standard InChI is InChI=1S/C18H22BrNO/c1-5-12-10-15(18(2,3)4)17(16(19)11-12)21-14-8-6-13(20)7-9-14/h6-11H,5,20H2,1-4H3. The van der Waals surface area contributed by atoms with Crippen LogP contribution in [0, 0.1) is 0 Å². The van der Waals surface area contributed by atoms with Gasteiger partial charge in [-0.3, -0.25) is 0 Å². The number of rotatable bonds is 3. The van der Waals surface area contributed by atoms with Crippen LogP contribution in [0.5, 0.6) is 11.5 Å². The average Bonchev–Trinajstić information content (AvgIpc) is 2.41. The molecule has 112 valence electrons. The molecule has 0 saturated carbocycles. The largest absolute Gasteiger partial charge is 0.456 e. The van der Waals surface area contributed by atoms with Gasteiger partial charge in [0.05, 0.1) is 4.47 Å². The first kappa shape index (κ1) is 15.9. The Hall–Kier alpha value is -1.48. The van der Waals surface area contributed by atoms with Crippen molar-refractivity contribution in [3.8, 4) is 11.5 Å². The van der Waals surface area contributed by atoms with E-state index >= 15 is 0 Å². The summed E-state index contributed by atoms with van der Waals surface area (Å²) in [7, 11) is 0. The number of aryl methyl sites for hydroxylation is 1. The van der Waals surface area contributed by atoms with Crippen LogP contribution in [0.4, 0.5) is 5.69 Å². The Bertz CT molecular complexity index is 627. The average molecular weight is 348 g/mol. The molecular formula is C18H22BrNO. The number of hydrogen-bond donors (Lipinski definition) is 1. The Morgan fingerprint density at radius 1 is 1.10 bits per heavy atom.